The van der Waals surface area contributed by atoms with Crippen molar-refractivity contribution in [3.63, 3.8) is 0 Å². The third kappa shape index (κ3) is 4.19. The van der Waals surface area contributed by atoms with Crippen molar-refractivity contribution in [2.75, 3.05) is 0 Å². The lowest BCUT2D eigenvalue weighted by Crippen LogP contribution is -2.34. The first-order valence-corrected chi connectivity index (χ1v) is 3.94. The summed E-state index contributed by atoms with van der Waals surface area (Å²) in [7, 11) is 0. The zero-order valence-electron chi connectivity index (χ0n) is 6.95. The van der Waals surface area contributed by atoms with Crippen molar-refractivity contribution in [2.24, 2.45) is 5.73 Å². The summed E-state index contributed by atoms with van der Waals surface area (Å²) < 4.78 is 24.7. The molecule has 0 bridgehead atoms. The molecule has 1 atom stereocenters. The Morgan fingerprint density at radius 2 is 2.00 bits per heavy atom. The van der Waals surface area contributed by atoms with Crippen molar-refractivity contribution < 1.29 is 8.78 Å². The molecule has 3 heteroatoms. The molecule has 1 aliphatic rings. The summed E-state index contributed by atoms with van der Waals surface area (Å²) in [5.74, 6) is -2.47. The topological polar surface area (TPSA) is 26.0 Å². The maximum absolute atomic E-state index is 12.4. The molecule has 2 N–H and O–H groups in total. The number of hydrogen-bond donors (Lipinski definition) is 1. The Bertz CT molecular complexity index is 104. The van der Waals surface area contributed by atoms with Crippen molar-refractivity contribution >= 4 is 0 Å². The van der Waals surface area contributed by atoms with E-state index in [0.717, 1.165) is 6.42 Å². The summed E-state index contributed by atoms with van der Waals surface area (Å²) in [6.45, 7) is 5.00. The van der Waals surface area contributed by atoms with E-state index >= 15 is 0 Å². The van der Waals surface area contributed by atoms with E-state index in [1.54, 1.807) is 6.92 Å². The summed E-state index contributed by atoms with van der Waals surface area (Å²) in [6.07, 6.45) is 1.25. The average molecular weight is 164 g/mol. The molecule has 0 aromatic carbocycles. The first kappa shape index (κ1) is 10.7. The van der Waals surface area contributed by atoms with E-state index < -0.39 is 5.92 Å². The molecule has 0 spiro atoms. The maximum Gasteiger partial charge on any atom is 0.249 e. The molecule has 0 aromatic heterocycles. The standard InChI is InChI=1S/C6H11F2N.C2H5/c7-6(8)3-1-2-5(9)4-6;1-2/h5H,1-4,9H2;1H2,2H3/q;+1/t5-;/m0./s1. The van der Waals surface area contributed by atoms with Gasteiger partial charge < -0.3 is 5.73 Å². The minimum Gasteiger partial charge on any atom is -0.327 e. The highest BCUT2D eigenvalue weighted by Gasteiger charge is 2.34. The molecule has 0 amide bonds. The fraction of sp³-hybridized carbons (Fsp3) is 0.875. The third-order valence-corrected chi connectivity index (χ3v) is 1.68. The lowest BCUT2D eigenvalue weighted by molar-refractivity contribution is -0.0395. The van der Waals surface area contributed by atoms with Crippen LogP contribution >= 0.6 is 0 Å². The lowest BCUT2D eigenvalue weighted by Gasteiger charge is -2.25. The Labute approximate surface area is 67.0 Å². The van der Waals surface area contributed by atoms with Gasteiger partial charge in [0.05, 0.1) is 13.8 Å². The highest BCUT2D eigenvalue weighted by molar-refractivity contribution is 4.79. The van der Waals surface area contributed by atoms with Crippen LogP contribution in [0.2, 0.25) is 0 Å². The Hall–Kier alpha value is -0.310. The quantitative estimate of drug-likeness (QED) is 0.546. The zero-order valence-corrected chi connectivity index (χ0v) is 6.95. The SMILES string of the molecule is N[C@H]1CCCC(F)(F)C1.[CH2+]C. The van der Waals surface area contributed by atoms with Crippen LogP contribution in [0.1, 0.15) is 32.6 Å². The van der Waals surface area contributed by atoms with Gasteiger partial charge in [0.1, 0.15) is 0 Å². The van der Waals surface area contributed by atoms with Gasteiger partial charge in [0.25, 0.3) is 0 Å². The van der Waals surface area contributed by atoms with Gasteiger partial charge in [0.15, 0.2) is 0 Å². The van der Waals surface area contributed by atoms with Gasteiger partial charge in [-0.25, -0.2) is 8.78 Å². The zero-order chi connectivity index (χ0) is 8.91. The maximum atomic E-state index is 12.4. The van der Waals surface area contributed by atoms with Crippen LogP contribution in [0.4, 0.5) is 8.78 Å². The number of hydrogen-bond acceptors (Lipinski definition) is 1. The van der Waals surface area contributed by atoms with Gasteiger partial charge in [-0.2, -0.15) is 0 Å². The van der Waals surface area contributed by atoms with Gasteiger partial charge in [-0.3, -0.25) is 0 Å². The molecule has 0 heterocycles. The second kappa shape index (κ2) is 4.54. The normalized spacial score (nSPS) is 28.5. The summed E-state index contributed by atoms with van der Waals surface area (Å²) >= 11 is 0. The van der Waals surface area contributed by atoms with Crippen molar-refractivity contribution in [3.05, 3.63) is 6.92 Å². The second-order valence-corrected chi connectivity index (χ2v) is 2.71. The van der Waals surface area contributed by atoms with Crippen LogP contribution < -0.4 is 5.73 Å². The van der Waals surface area contributed by atoms with Crippen LogP contribution in [0.3, 0.4) is 0 Å². The first-order valence-electron chi connectivity index (χ1n) is 3.94. The van der Waals surface area contributed by atoms with Gasteiger partial charge >= 0.3 is 0 Å². The number of halogens is 2. The van der Waals surface area contributed by atoms with Crippen molar-refractivity contribution in [1.29, 1.82) is 0 Å². The van der Waals surface area contributed by atoms with E-state index in [1.807, 2.05) is 0 Å². The minimum absolute atomic E-state index is 0.0285. The van der Waals surface area contributed by atoms with E-state index in [4.69, 9.17) is 5.73 Å². The van der Waals surface area contributed by atoms with Crippen LogP contribution in [0.25, 0.3) is 0 Å². The van der Waals surface area contributed by atoms with Gasteiger partial charge in [-0.15, -0.1) is 0 Å². The third-order valence-electron chi connectivity index (χ3n) is 1.68. The minimum atomic E-state index is -2.47. The first-order chi connectivity index (χ1) is 5.10. The smallest absolute Gasteiger partial charge is 0.249 e. The number of alkyl halides is 2. The highest BCUT2D eigenvalue weighted by atomic mass is 19.3. The molecule has 1 saturated carbocycles. The predicted octanol–water partition coefficient (Wildman–Crippen LogP) is 2.36. The Kier molecular flexibility index (Phi) is 4.42. The number of nitrogens with two attached hydrogens (primary N) is 1. The molecule has 1 fully saturated rings. The van der Waals surface area contributed by atoms with E-state index in [9.17, 15) is 8.78 Å². The van der Waals surface area contributed by atoms with Gasteiger partial charge in [0, 0.05) is 18.9 Å². The van der Waals surface area contributed by atoms with E-state index in [1.165, 1.54) is 0 Å². The van der Waals surface area contributed by atoms with Crippen LogP contribution in [0.15, 0.2) is 0 Å². The molecule has 0 unspecified atom stereocenters. The molecule has 11 heavy (non-hydrogen) atoms. The monoisotopic (exact) mass is 164 g/mol. The Balaban J connectivity index is 0.000000461. The summed E-state index contributed by atoms with van der Waals surface area (Å²) in [4.78, 5) is 0. The molecule has 1 rings (SSSR count). The van der Waals surface area contributed by atoms with E-state index in [2.05, 4.69) is 6.92 Å². The van der Waals surface area contributed by atoms with Crippen molar-refractivity contribution in [2.45, 2.75) is 44.6 Å². The van der Waals surface area contributed by atoms with Crippen LogP contribution in [0, 0.1) is 6.92 Å². The molecular formula is C8H16F2N+. The summed E-state index contributed by atoms with van der Waals surface area (Å²) in [5, 5.41) is 0. The van der Waals surface area contributed by atoms with Crippen molar-refractivity contribution in [3.8, 4) is 0 Å². The Morgan fingerprint density at radius 1 is 1.45 bits per heavy atom. The molecule has 66 valence electrons. The molecule has 1 nitrogen and oxygen atoms in total. The molecular weight excluding hydrogens is 148 g/mol. The lowest BCUT2D eigenvalue weighted by atomic mass is 9.93. The number of rotatable bonds is 0. The van der Waals surface area contributed by atoms with Gasteiger partial charge in [0.2, 0.25) is 5.92 Å². The molecule has 0 aromatic rings. The van der Waals surface area contributed by atoms with Gasteiger partial charge in [-0.1, -0.05) is 0 Å². The molecule has 0 radical (unpaired) electrons. The summed E-state index contributed by atoms with van der Waals surface area (Å²) in [5.41, 5.74) is 5.33. The van der Waals surface area contributed by atoms with Gasteiger partial charge in [-0.05, 0) is 12.8 Å². The predicted molar refractivity (Wildman–Crippen MR) is 42.4 cm³/mol. The van der Waals surface area contributed by atoms with Crippen LogP contribution in [0.5, 0.6) is 0 Å². The van der Waals surface area contributed by atoms with Crippen LogP contribution in [-0.2, 0) is 0 Å². The fourth-order valence-corrected chi connectivity index (χ4v) is 1.21. The fourth-order valence-electron chi connectivity index (χ4n) is 1.21. The van der Waals surface area contributed by atoms with Crippen molar-refractivity contribution in [1.82, 2.24) is 0 Å². The molecule has 0 aliphatic heterocycles. The van der Waals surface area contributed by atoms with Crippen LogP contribution in [-0.4, -0.2) is 12.0 Å². The second-order valence-electron chi connectivity index (χ2n) is 2.71. The highest BCUT2D eigenvalue weighted by Crippen LogP contribution is 2.31. The molecule has 1 aliphatic carbocycles. The Morgan fingerprint density at radius 3 is 2.27 bits per heavy atom. The molecule has 0 saturated heterocycles. The van der Waals surface area contributed by atoms with E-state index in [0.29, 0.717) is 6.42 Å². The largest absolute Gasteiger partial charge is 0.327 e. The average Bonchev–Trinajstić information content (AvgIpc) is 1.89. The summed E-state index contributed by atoms with van der Waals surface area (Å²) in [6, 6.07) is -0.270. The van der Waals surface area contributed by atoms with E-state index in [-0.39, 0.29) is 18.9 Å².